The van der Waals surface area contributed by atoms with E-state index in [1.807, 2.05) is 54.6 Å². The second-order valence-corrected chi connectivity index (χ2v) is 6.31. The largest absolute Gasteiger partial charge is 0.446 e. The third-order valence-electron chi connectivity index (χ3n) is 4.50. The number of benzene rings is 2. The van der Waals surface area contributed by atoms with Crippen LogP contribution in [0.15, 0.2) is 71.5 Å². The van der Waals surface area contributed by atoms with Crippen molar-refractivity contribution >= 4 is 5.78 Å². The molecular formula is C21H21NO5. The first-order valence-corrected chi connectivity index (χ1v) is 8.54. The van der Waals surface area contributed by atoms with Crippen molar-refractivity contribution in [3.05, 3.63) is 78.5 Å². The lowest BCUT2D eigenvalue weighted by Crippen LogP contribution is -2.46. The lowest BCUT2D eigenvalue weighted by Gasteiger charge is -2.31. The van der Waals surface area contributed by atoms with Crippen LogP contribution in [0.5, 0.6) is 0 Å². The molecule has 6 nitrogen and oxygen atoms in total. The molecular weight excluding hydrogens is 346 g/mol. The first-order chi connectivity index (χ1) is 13.0. The number of Topliss-reactive ketones (excluding diaryl/α,β-unsaturated/α-hetero) is 1. The predicted molar refractivity (Wildman–Crippen MR) is 98.6 cm³/mol. The molecule has 0 spiro atoms. The van der Waals surface area contributed by atoms with Crippen molar-refractivity contribution in [3.63, 3.8) is 0 Å². The zero-order valence-electron chi connectivity index (χ0n) is 14.9. The highest BCUT2D eigenvalue weighted by Gasteiger charge is 2.44. The summed E-state index contributed by atoms with van der Waals surface area (Å²) in [7, 11) is 0. The molecule has 0 aliphatic rings. The minimum Gasteiger partial charge on any atom is -0.446 e. The van der Waals surface area contributed by atoms with Crippen LogP contribution in [0.1, 0.15) is 24.5 Å². The number of ketones is 1. The average Bonchev–Trinajstić information content (AvgIpc) is 3.26. The Morgan fingerprint density at radius 3 is 2.41 bits per heavy atom. The van der Waals surface area contributed by atoms with Crippen molar-refractivity contribution in [2.75, 3.05) is 6.61 Å². The monoisotopic (exact) mass is 367 g/mol. The highest BCUT2D eigenvalue weighted by Crippen LogP contribution is 2.30. The number of oxazole rings is 1. The standard InChI is InChI=1S/C21H21NO5/c1-21(18(24)13-23,19(25)20-22-11-12-26-20)27-14-15-7-9-17(10-8-15)16-5-3-2-4-6-16/h2-12,19,23,25H,13-14H2,1H3/t19-,21+/m0/s1. The molecule has 27 heavy (non-hydrogen) atoms. The summed E-state index contributed by atoms with van der Waals surface area (Å²) in [6, 6.07) is 17.7. The number of carbonyl (C=O) groups is 1. The van der Waals surface area contributed by atoms with E-state index in [0.717, 1.165) is 16.7 Å². The predicted octanol–water partition coefficient (Wildman–Crippen LogP) is 2.91. The molecule has 1 aromatic heterocycles. The number of aliphatic hydroxyl groups is 2. The Balaban J connectivity index is 1.75. The van der Waals surface area contributed by atoms with Crippen molar-refractivity contribution in [1.29, 1.82) is 0 Å². The number of hydrogen-bond acceptors (Lipinski definition) is 6. The third kappa shape index (κ3) is 4.14. The Bertz CT molecular complexity index is 861. The van der Waals surface area contributed by atoms with Gasteiger partial charge in [-0.25, -0.2) is 4.98 Å². The second kappa shape index (κ2) is 8.26. The summed E-state index contributed by atoms with van der Waals surface area (Å²) in [6.45, 7) is 0.731. The maximum Gasteiger partial charge on any atom is 0.226 e. The van der Waals surface area contributed by atoms with Gasteiger partial charge < -0.3 is 19.4 Å². The zero-order valence-corrected chi connectivity index (χ0v) is 14.9. The van der Waals surface area contributed by atoms with E-state index in [9.17, 15) is 15.0 Å². The number of aliphatic hydroxyl groups excluding tert-OH is 2. The van der Waals surface area contributed by atoms with Crippen LogP contribution in [-0.4, -0.2) is 33.2 Å². The molecule has 2 atom stereocenters. The van der Waals surface area contributed by atoms with Gasteiger partial charge in [0.25, 0.3) is 0 Å². The summed E-state index contributed by atoms with van der Waals surface area (Å²) < 4.78 is 10.8. The second-order valence-electron chi connectivity index (χ2n) is 6.31. The van der Waals surface area contributed by atoms with E-state index in [-0.39, 0.29) is 12.5 Å². The van der Waals surface area contributed by atoms with E-state index in [1.54, 1.807) is 0 Å². The van der Waals surface area contributed by atoms with Gasteiger partial charge >= 0.3 is 0 Å². The normalized spacial score (nSPS) is 14.5. The lowest BCUT2D eigenvalue weighted by atomic mass is 9.93. The van der Waals surface area contributed by atoms with Crippen molar-refractivity contribution in [2.45, 2.75) is 25.2 Å². The quantitative estimate of drug-likeness (QED) is 0.636. The van der Waals surface area contributed by atoms with Crippen LogP contribution in [0.3, 0.4) is 0 Å². The highest BCUT2D eigenvalue weighted by atomic mass is 16.5. The average molecular weight is 367 g/mol. The number of ether oxygens (including phenoxy) is 1. The molecule has 6 heteroatoms. The molecule has 0 saturated carbocycles. The van der Waals surface area contributed by atoms with Gasteiger partial charge in [-0.15, -0.1) is 0 Å². The van der Waals surface area contributed by atoms with Gasteiger partial charge in [-0.05, 0) is 23.6 Å². The molecule has 0 bridgehead atoms. The summed E-state index contributed by atoms with van der Waals surface area (Å²) in [5.74, 6) is -0.701. The maximum absolute atomic E-state index is 12.2. The summed E-state index contributed by atoms with van der Waals surface area (Å²) in [5.41, 5.74) is 1.31. The van der Waals surface area contributed by atoms with Gasteiger partial charge in [-0.1, -0.05) is 54.6 Å². The van der Waals surface area contributed by atoms with E-state index in [2.05, 4.69) is 4.98 Å². The Labute approximate surface area is 157 Å². The minimum atomic E-state index is -1.68. The molecule has 0 aliphatic carbocycles. The van der Waals surface area contributed by atoms with Gasteiger partial charge in [0, 0.05) is 0 Å². The van der Waals surface area contributed by atoms with Crippen LogP contribution in [0.2, 0.25) is 0 Å². The lowest BCUT2D eigenvalue weighted by molar-refractivity contribution is -0.168. The fraction of sp³-hybridized carbons (Fsp3) is 0.238. The topological polar surface area (TPSA) is 92.8 Å². The maximum atomic E-state index is 12.2. The fourth-order valence-corrected chi connectivity index (χ4v) is 2.73. The van der Waals surface area contributed by atoms with E-state index in [0.29, 0.717) is 0 Å². The van der Waals surface area contributed by atoms with Crippen molar-refractivity contribution in [2.24, 2.45) is 0 Å². The number of aromatic nitrogens is 1. The molecule has 3 rings (SSSR count). The third-order valence-corrected chi connectivity index (χ3v) is 4.50. The Morgan fingerprint density at radius 1 is 1.15 bits per heavy atom. The molecule has 0 amide bonds. The molecule has 2 N–H and O–H groups in total. The van der Waals surface area contributed by atoms with Crippen molar-refractivity contribution in [1.82, 2.24) is 4.98 Å². The van der Waals surface area contributed by atoms with Crippen molar-refractivity contribution in [3.8, 4) is 11.1 Å². The summed E-state index contributed by atoms with van der Waals surface area (Å²) in [4.78, 5) is 16.1. The molecule has 0 saturated heterocycles. The molecule has 3 aromatic rings. The number of nitrogens with zero attached hydrogens (tertiary/aromatic N) is 1. The highest BCUT2D eigenvalue weighted by molar-refractivity contribution is 5.88. The van der Waals surface area contributed by atoms with Crippen LogP contribution in [-0.2, 0) is 16.1 Å². The van der Waals surface area contributed by atoms with Crippen LogP contribution in [0.4, 0.5) is 0 Å². The molecule has 1 heterocycles. The zero-order chi connectivity index (χ0) is 19.3. The van der Waals surface area contributed by atoms with Gasteiger partial charge in [-0.3, -0.25) is 4.79 Å². The summed E-state index contributed by atoms with van der Waals surface area (Å²) in [5, 5.41) is 19.8. The molecule has 140 valence electrons. The van der Waals surface area contributed by atoms with Gasteiger partial charge in [0.05, 0.1) is 12.8 Å². The molecule has 0 radical (unpaired) electrons. The SMILES string of the molecule is C[C@@](OCc1ccc(-c2ccccc2)cc1)(C(=O)CO)[C@@H](O)c1ncco1. The summed E-state index contributed by atoms with van der Waals surface area (Å²) in [6.07, 6.45) is 1.23. The molecule has 0 unspecified atom stereocenters. The molecule has 2 aromatic carbocycles. The van der Waals surface area contributed by atoms with Gasteiger partial charge in [0.2, 0.25) is 5.89 Å². The van der Waals surface area contributed by atoms with E-state index >= 15 is 0 Å². The molecule has 0 aliphatic heterocycles. The first-order valence-electron chi connectivity index (χ1n) is 8.54. The van der Waals surface area contributed by atoms with E-state index in [4.69, 9.17) is 9.15 Å². The van der Waals surface area contributed by atoms with Gasteiger partial charge in [-0.2, -0.15) is 0 Å². The van der Waals surface area contributed by atoms with Crippen molar-refractivity contribution < 1.29 is 24.2 Å². The van der Waals surface area contributed by atoms with E-state index < -0.39 is 24.1 Å². The van der Waals surface area contributed by atoms with Crippen LogP contribution < -0.4 is 0 Å². The smallest absolute Gasteiger partial charge is 0.226 e. The van der Waals surface area contributed by atoms with Crippen LogP contribution in [0, 0.1) is 0 Å². The number of carbonyl (C=O) groups excluding carboxylic acids is 1. The number of hydrogen-bond donors (Lipinski definition) is 2. The molecule has 0 fully saturated rings. The Hall–Kier alpha value is -2.80. The Morgan fingerprint density at radius 2 is 1.81 bits per heavy atom. The van der Waals surface area contributed by atoms with E-state index in [1.165, 1.54) is 19.4 Å². The number of rotatable bonds is 8. The van der Waals surface area contributed by atoms with Gasteiger partial charge in [0.15, 0.2) is 17.5 Å². The van der Waals surface area contributed by atoms with Gasteiger partial charge in [0.1, 0.15) is 12.9 Å². The Kier molecular flexibility index (Phi) is 5.81. The fourth-order valence-electron chi connectivity index (χ4n) is 2.73. The van der Waals surface area contributed by atoms with Crippen LogP contribution >= 0.6 is 0 Å². The minimum absolute atomic E-state index is 0.0428. The first kappa shape index (κ1) is 19.0. The summed E-state index contributed by atoms with van der Waals surface area (Å²) >= 11 is 0. The van der Waals surface area contributed by atoms with Crippen LogP contribution in [0.25, 0.3) is 11.1 Å².